The van der Waals surface area contributed by atoms with Gasteiger partial charge in [0.25, 0.3) is 0 Å². The topological polar surface area (TPSA) is 129 Å². The number of phenolic OH excluding ortho intramolecular Hbond substituents is 1. The van der Waals surface area contributed by atoms with E-state index in [4.69, 9.17) is 4.55 Å². The maximum Gasteiger partial charge on any atom is 0.446 e. The van der Waals surface area contributed by atoms with Gasteiger partial charge < -0.3 is 9.29 Å². The zero-order valence-corrected chi connectivity index (χ0v) is 14.1. The van der Waals surface area contributed by atoms with Gasteiger partial charge in [0.05, 0.1) is 5.69 Å². The molecule has 0 aliphatic carbocycles. The van der Waals surface area contributed by atoms with Crippen molar-refractivity contribution >= 4 is 21.9 Å². The Morgan fingerprint density at radius 1 is 1.08 bits per heavy atom. The normalized spacial score (nSPS) is 11.5. The molecule has 0 aromatic heterocycles. The monoisotopic (exact) mass is 365 g/mol. The maximum absolute atomic E-state index is 12.4. The first-order valence-electron chi connectivity index (χ1n) is 6.89. The molecule has 132 valence electrons. The summed E-state index contributed by atoms with van der Waals surface area (Å²) in [5, 5.41) is 18.8. The van der Waals surface area contributed by atoms with E-state index in [1.807, 2.05) is 0 Å². The average molecular weight is 365 g/mol. The van der Waals surface area contributed by atoms with Crippen LogP contribution in [-0.4, -0.2) is 43.0 Å². The molecule has 0 amide bonds. The molecular weight excluding hydrogens is 350 g/mol. The van der Waals surface area contributed by atoms with E-state index >= 15 is 0 Å². The Hall–Kier alpha value is -2.98. The van der Waals surface area contributed by atoms with Crippen molar-refractivity contribution in [3.05, 3.63) is 53.6 Å². The van der Waals surface area contributed by atoms with Gasteiger partial charge in [-0.05, 0) is 42.5 Å². The van der Waals surface area contributed by atoms with Crippen molar-refractivity contribution in [3.63, 3.8) is 0 Å². The number of phenols is 1. The Morgan fingerprint density at radius 2 is 1.68 bits per heavy atom. The van der Waals surface area contributed by atoms with E-state index in [1.54, 1.807) is 26.2 Å². The van der Waals surface area contributed by atoms with Crippen LogP contribution in [0.3, 0.4) is 0 Å². The van der Waals surface area contributed by atoms with Crippen LogP contribution in [0.2, 0.25) is 0 Å². The highest BCUT2D eigenvalue weighted by molar-refractivity contribution is 7.81. The second-order valence-electron chi connectivity index (χ2n) is 5.11. The van der Waals surface area contributed by atoms with E-state index in [1.165, 1.54) is 23.2 Å². The number of hydrogen-bond donors (Lipinski definition) is 2. The quantitative estimate of drug-likeness (QED) is 0.348. The smallest absolute Gasteiger partial charge is 0.446 e. The molecule has 2 aromatic carbocycles. The minimum Gasteiger partial charge on any atom is -0.504 e. The first-order valence-corrected chi connectivity index (χ1v) is 8.26. The van der Waals surface area contributed by atoms with E-state index in [0.717, 1.165) is 12.1 Å². The molecular formula is C15H15N3O6S. The molecule has 0 radical (unpaired) electrons. The Labute approximate surface area is 144 Å². The number of hydrogen-bond acceptors (Lipinski definition) is 7. The summed E-state index contributed by atoms with van der Waals surface area (Å²) < 4.78 is 34.5. The third kappa shape index (κ3) is 5.26. The van der Waals surface area contributed by atoms with Gasteiger partial charge in [-0.3, -0.25) is 14.4 Å². The summed E-state index contributed by atoms with van der Waals surface area (Å²) in [7, 11) is -1.38. The van der Waals surface area contributed by atoms with Crippen LogP contribution < -0.4 is 4.18 Å². The fraction of sp³-hybridized carbons (Fsp3) is 0.133. The second-order valence-corrected chi connectivity index (χ2v) is 6.13. The summed E-state index contributed by atoms with van der Waals surface area (Å²) in [5.41, 5.74) is 0.928. The summed E-state index contributed by atoms with van der Waals surface area (Å²) in [5.74, 6) is -1.52. The third-order valence-electron chi connectivity index (χ3n) is 2.89. The number of ketones is 1. The van der Waals surface area contributed by atoms with Crippen molar-refractivity contribution in [2.24, 2.45) is 10.3 Å². The van der Waals surface area contributed by atoms with Gasteiger partial charge in [0.15, 0.2) is 17.3 Å². The van der Waals surface area contributed by atoms with Crippen molar-refractivity contribution in [2.75, 3.05) is 14.1 Å². The molecule has 2 N–H and O–H groups in total. The van der Waals surface area contributed by atoms with Gasteiger partial charge in [0.2, 0.25) is 0 Å². The van der Waals surface area contributed by atoms with Crippen molar-refractivity contribution in [1.29, 1.82) is 0 Å². The molecule has 0 fully saturated rings. The zero-order valence-electron chi connectivity index (χ0n) is 13.3. The lowest BCUT2D eigenvalue weighted by atomic mass is 10.0. The predicted octanol–water partition coefficient (Wildman–Crippen LogP) is 2.37. The fourth-order valence-corrected chi connectivity index (χ4v) is 2.18. The van der Waals surface area contributed by atoms with E-state index in [0.29, 0.717) is 11.3 Å². The van der Waals surface area contributed by atoms with Crippen LogP contribution in [0.4, 0.5) is 5.69 Å². The molecule has 25 heavy (non-hydrogen) atoms. The van der Waals surface area contributed by atoms with Gasteiger partial charge in [-0.1, -0.05) is 5.22 Å². The largest absolute Gasteiger partial charge is 0.504 e. The second kappa shape index (κ2) is 7.28. The van der Waals surface area contributed by atoms with Gasteiger partial charge in [-0.15, -0.1) is 5.11 Å². The summed E-state index contributed by atoms with van der Waals surface area (Å²) in [6.45, 7) is 0. The molecule has 0 aliphatic rings. The van der Waals surface area contributed by atoms with Crippen LogP contribution in [0.1, 0.15) is 15.9 Å². The molecule has 2 aromatic rings. The summed E-state index contributed by atoms with van der Waals surface area (Å²) >= 11 is 0. The summed E-state index contributed by atoms with van der Waals surface area (Å²) in [6.07, 6.45) is 0. The number of nitrogens with zero attached hydrogens (tertiary/aromatic N) is 3. The number of rotatable bonds is 6. The van der Waals surface area contributed by atoms with Crippen molar-refractivity contribution < 1.29 is 27.1 Å². The minimum absolute atomic E-state index is 0.0686. The first kappa shape index (κ1) is 18.4. The van der Waals surface area contributed by atoms with Crippen LogP contribution in [0, 0.1) is 0 Å². The van der Waals surface area contributed by atoms with Crippen molar-refractivity contribution in [1.82, 2.24) is 5.01 Å². The lowest BCUT2D eigenvalue weighted by molar-refractivity contribution is 0.103. The minimum atomic E-state index is -4.82. The first-order chi connectivity index (χ1) is 11.7. The Balaban J connectivity index is 2.27. The van der Waals surface area contributed by atoms with E-state index < -0.39 is 27.7 Å². The number of benzene rings is 2. The SMILES string of the molecule is CN(C)N=Nc1ccc(C(=O)c2ccc(O)c(OS(=O)(=O)O)c2)cc1. The highest BCUT2D eigenvalue weighted by atomic mass is 32.3. The Bertz CT molecular complexity index is 907. The van der Waals surface area contributed by atoms with Gasteiger partial charge in [0.1, 0.15) is 0 Å². The van der Waals surface area contributed by atoms with Crippen LogP contribution in [-0.2, 0) is 10.4 Å². The fourth-order valence-electron chi connectivity index (χ4n) is 1.82. The van der Waals surface area contributed by atoms with Crippen LogP contribution in [0.15, 0.2) is 52.8 Å². The van der Waals surface area contributed by atoms with Crippen LogP contribution >= 0.6 is 0 Å². The molecule has 10 heteroatoms. The van der Waals surface area contributed by atoms with Gasteiger partial charge in [-0.2, -0.15) is 8.42 Å². The standard InChI is InChI=1S/C15H15N3O6S/c1-18(2)17-16-12-6-3-10(4-7-12)15(20)11-5-8-13(19)14(9-11)24-25(21,22)23/h3-9,19H,1-2H3,(H,21,22,23). The lowest BCUT2D eigenvalue weighted by Gasteiger charge is -2.07. The van der Waals surface area contributed by atoms with E-state index in [-0.39, 0.29) is 5.56 Å². The predicted molar refractivity (Wildman–Crippen MR) is 88.4 cm³/mol. The Kier molecular flexibility index (Phi) is 5.35. The van der Waals surface area contributed by atoms with Crippen LogP contribution in [0.5, 0.6) is 11.5 Å². The van der Waals surface area contributed by atoms with Gasteiger partial charge in [0, 0.05) is 25.2 Å². The Morgan fingerprint density at radius 3 is 2.24 bits per heavy atom. The summed E-state index contributed by atoms with van der Waals surface area (Å²) in [6, 6.07) is 9.66. The van der Waals surface area contributed by atoms with Gasteiger partial charge >= 0.3 is 10.4 Å². The lowest BCUT2D eigenvalue weighted by Crippen LogP contribution is -2.08. The van der Waals surface area contributed by atoms with E-state index in [2.05, 4.69) is 14.5 Å². The summed E-state index contributed by atoms with van der Waals surface area (Å²) in [4.78, 5) is 12.4. The molecule has 2 rings (SSSR count). The molecule has 0 saturated carbocycles. The van der Waals surface area contributed by atoms with Crippen LogP contribution in [0.25, 0.3) is 0 Å². The number of carbonyl (C=O) groups excluding carboxylic acids is 1. The highest BCUT2D eigenvalue weighted by Gasteiger charge is 2.16. The van der Waals surface area contributed by atoms with Crippen molar-refractivity contribution in [2.45, 2.75) is 0 Å². The molecule has 0 aliphatic heterocycles. The molecule has 0 atom stereocenters. The maximum atomic E-state index is 12.4. The van der Waals surface area contributed by atoms with Crippen molar-refractivity contribution in [3.8, 4) is 11.5 Å². The molecule has 0 unspecified atom stereocenters. The third-order valence-corrected chi connectivity index (χ3v) is 3.28. The molecule has 9 nitrogen and oxygen atoms in total. The molecule has 0 heterocycles. The number of aromatic hydroxyl groups is 1. The molecule has 0 spiro atoms. The average Bonchev–Trinajstić information content (AvgIpc) is 2.53. The number of carbonyl (C=O) groups is 1. The van der Waals surface area contributed by atoms with E-state index in [9.17, 15) is 18.3 Å². The molecule has 0 saturated heterocycles. The molecule has 0 bridgehead atoms. The van der Waals surface area contributed by atoms with Gasteiger partial charge in [-0.25, -0.2) is 0 Å². The zero-order chi connectivity index (χ0) is 18.6. The highest BCUT2D eigenvalue weighted by Crippen LogP contribution is 2.29.